The van der Waals surface area contributed by atoms with E-state index < -0.39 is 0 Å². The van der Waals surface area contributed by atoms with E-state index >= 15 is 0 Å². The van der Waals surface area contributed by atoms with E-state index in [9.17, 15) is 0 Å². The summed E-state index contributed by atoms with van der Waals surface area (Å²) in [6, 6.07) is 0. The van der Waals surface area contributed by atoms with Gasteiger partial charge in [0.05, 0.1) is 0 Å². The highest BCUT2D eigenvalue weighted by atomic mass is 14.9. The van der Waals surface area contributed by atoms with Crippen molar-refractivity contribution in [2.24, 2.45) is 11.8 Å². The summed E-state index contributed by atoms with van der Waals surface area (Å²) in [5.41, 5.74) is 3.13. The molecular formula is C11H16N2. The van der Waals surface area contributed by atoms with Crippen LogP contribution in [0.4, 0.5) is 0 Å². The third kappa shape index (κ3) is 1.20. The molecule has 2 unspecified atom stereocenters. The Morgan fingerprint density at radius 2 is 1.85 bits per heavy atom. The molecule has 70 valence electrons. The zero-order valence-corrected chi connectivity index (χ0v) is 7.84. The van der Waals surface area contributed by atoms with Crippen molar-refractivity contribution in [1.29, 1.82) is 0 Å². The highest BCUT2D eigenvalue weighted by Gasteiger charge is 2.30. The molecule has 3 rings (SSSR count). The summed E-state index contributed by atoms with van der Waals surface area (Å²) in [6.45, 7) is 2.45. The molecule has 0 aromatic carbocycles. The summed E-state index contributed by atoms with van der Waals surface area (Å²) < 4.78 is 0. The van der Waals surface area contributed by atoms with Crippen LogP contribution in [0.25, 0.3) is 0 Å². The minimum absolute atomic E-state index is 0.900. The SMILES string of the molecule is c1[nH]cc2c1CC1CCNCC1C2. The molecule has 2 aliphatic rings. The second kappa shape index (κ2) is 2.88. The highest BCUT2D eigenvalue weighted by Crippen LogP contribution is 2.33. The lowest BCUT2D eigenvalue weighted by atomic mass is 9.74. The Labute approximate surface area is 78.7 Å². The molecule has 1 aromatic heterocycles. The van der Waals surface area contributed by atoms with Gasteiger partial charge in [0, 0.05) is 12.4 Å². The fourth-order valence-corrected chi connectivity index (χ4v) is 2.86. The second-order valence-electron chi connectivity index (χ2n) is 4.43. The first-order valence-electron chi connectivity index (χ1n) is 5.29. The summed E-state index contributed by atoms with van der Waals surface area (Å²) in [4.78, 5) is 3.23. The van der Waals surface area contributed by atoms with E-state index in [0.717, 1.165) is 11.8 Å². The molecule has 2 heterocycles. The standard InChI is InChI=1S/C11H16N2/c1-2-12-5-9-4-11-7-13-6-10(11)3-8(1)9/h6-9,12-13H,1-5H2. The van der Waals surface area contributed by atoms with Gasteiger partial charge < -0.3 is 10.3 Å². The van der Waals surface area contributed by atoms with Crippen LogP contribution in [0.2, 0.25) is 0 Å². The van der Waals surface area contributed by atoms with Crippen molar-refractivity contribution in [3.63, 3.8) is 0 Å². The second-order valence-corrected chi connectivity index (χ2v) is 4.43. The summed E-state index contributed by atoms with van der Waals surface area (Å²) in [5.74, 6) is 1.85. The number of H-pyrrole nitrogens is 1. The predicted molar refractivity (Wildman–Crippen MR) is 52.7 cm³/mol. The Hall–Kier alpha value is -0.760. The number of hydrogen-bond donors (Lipinski definition) is 2. The third-order valence-corrected chi connectivity index (χ3v) is 3.66. The number of rotatable bonds is 0. The van der Waals surface area contributed by atoms with Crippen LogP contribution in [0, 0.1) is 11.8 Å². The molecule has 1 aliphatic heterocycles. The maximum absolute atomic E-state index is 3.50. The third-order valence-electron chi connectivity index (χ3n) is 3.66. The number of piperidine rings is 1. The van der Waals surface area contributed by atoms with Crippen molar-refractivity contribution in [2.45, 2.75) is 19.3 Å². The molecule has 2 atom stereocenters. The number of aromatic nitrogens is 1. The first-order chi connectivity index (χ1) is 6.43. The summed E-state index contributed by atoms with van der Waals surface area (Å²) in [7, 11) is 0. The van der Waals surface area contributed by atoms with Crippen LogP contribution in [0.3, 0.4) is 0 Å². The molecule has 1 fully saturated rings. The first-order valence-corrected chi connectivity index (χ1v) is 5.29. The molecular weight excluding hydrogens is 160 g/mol. The molecule has 2 heteroatoms. The Morgan fingerprint density at radius 1 is 1.08 bits per heavy atom. The Morgan fingerprint density at radius 3 is 2.69 bits per heavy atom. The molecule has 2 nitrogen and oxygen atoms in total. The number of aromatic amines is 1. The minimum atomic E-state index is 0.900. The normalized spacial score (nSPS) is 32.3. The van der Waals surface area contributed by atoms with Crippen molar-refractivity contribution in [2.75, 3.05) is 13.1 Å². The van der Waals surface area contributed by atoms with Gasteiger partial charge in [0.15, 0.2) is 0 Å². The zero-order chi connectivity index (χ0) is 8.67. The Kier molecular flexibility index (Phi) is 1.69. The predicted octanol–water partition coefficient (Wildman–Crippen LogP) is 1.34. The average Bonchev–Trinajstić information content (AvgIpc) is 2.61. The van der Waals surface area contributed by atoms with Crippen molar-refractivity contribution >= 4 is 0 Å². The highest BCUT2D eigenvalue weighted by molar-refractivity contribution is 5.27. The van der Waals surface area contributed by atoms with Gasteiger partial charge in [-0.05, 0) is 55.3 Å². The summed E-state index contributed by atoms with van der Waals surface area (Å²) in [6.07, 6.45) is 8.34. The Balaban J connectivity index is 1.89. The van der Waals surface area contributed by atoms with Gasteiger partial charge in [0.1, 0.15) is 0 Å². The summed E-state index contributed by atoms with van der Waals surface area (Å²) >= 11 is 0. The maximum atomic E-state index is 3.50. The molecule has 1 saturated heterocycles. The van der Waals surface area contributed by atoms with Crippen molar-refractivity contribution in [3.05, 3.63) is 23.5 Å². The summed E-state index contributed by atoms with van der Waals surface area (Å²) in [5, 5.41) is 3.50. The minimum Gasteiger partial charge on any atom is -0.367 e. The van der Waals surface area contributed by atoms with Gasteiger partial charge in [-0.15, -0.1) is 0 Å². The Bertz CT molecular complexity index is 274. The van der Waals surface area contributed by atoms with E-state index in [1.165, 1.54) is 32.4 Å². The fraction of sp³-hybridized carbons (Fsp3) is 0.636. The van der Waals surface area contributed by atoms with Gasteiger partial charge in [0.25, 0.3) is 0 Å². The lowest BCUT2D eigenvalue weighted by molar-refractivity contribution is 0.238. The van der Waals surface area contributed by atoms with Gasteiger partial charge >= 0.3 is 0 Å². The van der Waals surface area contributed by atoms with Crippen LogP contribution in [0.5, 0.6) is 0 Å². The van der Waals surface area contributed by atoms with E-state index in [4.69, 9.17) is 0 Å². The van der Waals surface area contributed by atoms with Crippen molar-refractivity contribution in [3.8, 4) is 0 Å². The van der Waals surface area contributed by atoms with E-state index in [1.807, 2.05) is 0 Å². The molecule has 0 saturated carbocycles. The van der Waals surface area contributed by atoms with Gasteiger partial charge in [-0.3, -0.25) is 0 Å². The zero-order valence-electron chi connectivity index (χ0n) is 7.84. The van der Waals surface area contributed by atoms with Crippen LogP contribution in [-0.4, -0.2) is 18.1 Å². The molecule has 2 N–H and O–H groups in total. The van der Waals surface area contributed by atoms with E-state index in [0.29, 0.717) is 0 Å². The smallest absolute Gasteiger partial charge is 0.00403 e. The maximum Gasteiger partial charge on any atom is 0.00403 e. The van der Waals surface area contributed by atoms with Crippen LogP contribution < -0.4 is 5.32 Å². The molecule has 0 amide bonds. The average molecular weight is 176 g/mol. The quantitative estimate of drug-likeness (QED) is 0.613. The topological polar surface area (TPSA) is 27.8 Å². The van der Waals surface area contributed by atoms with Gasteiger partial charge in [0.2, 0.25) is 0 Å². The van der Waals surface area contributed by atoms with E-state index in [1.54, 1.807) is 11.1 Å². The number of fused-ring (bicyclic) bond motifs is 2. The van der Waals surface area contributed by atoms with Gasteiger partial charge in [-0.1, -0.05) is 0 Å². The van der Waals surface area contributed by atoms with E-state index in [2.05, 4.69) is 22.7 Å². The lowest BCUT2D eigenvalue weighted by Crippen LogP contribution is -2.40. The molecule has 1 aromatic rings. The van der Waals surface area contributed by atoms with Crippen LogP contribution >= 0.6 is 0 Å². The molecule has 13 heavy (non-hydrogen) atoms. The number of nitrogens with one attached hydrogen (secondary N) is 2. The first kappa shape index (κ1) is 7.63. The van der Waals surface area contributed by atoms with Gasteiger partial charge in [-0.25, -0.2) is 0 Å². The van der Waals surface area contributed by atoms with Gasteiger partial charge in [-0.2, -0.15) is 0 Å². The number of hydrogen-bond acceptors (Lipinski definition) is 1. The molecule has 0 bridgehead atoms. The van der Waals surface area contributed by atoms with Crippen LogP contribution in [-0.2, 0) is 12.8 Å². The molecule has 0 spiro atoms. The van der Waals surface area contributed by atoms with Crippen molar-refractivity contribution < 1.29 is 0 Å². The fourth-order valence-electron chi connectivity index (χ4n) is 2.86. The monoisotopic (exact) mass is 176 g/mol. The van der Waals surface area contributed by atoms with Crippen LogP contribution in [0.15, 0.2) is 12.4 Å². The van der Waals surface area contributed by atoms with Crippen LogP contribution in [0.1, 0.15) is 17.5 Å². The molecule has 0 radical (unpaired) electrons. The lowest BCUT2D eigenvalue weighted by Gasteiger charge is -2.35. The van der Waals surface area contributed by atoms with E-state index in [-0.39, 0.29) is 0 Å². The largest absolute Gasteiger partial charge is 0.367 e. The van der Waals surface area contributed by atoms with Crippen molar-refractivity contribution in [1.82, 2.24) is 10.3 Å². The molecule has 1 aliphatic carbocycles.